The predicted octanol–water partition coefficient (Wildman–Crippen LogP) is 1.96. The van der Waals surface area contributed by atoms with Crippen molar-refractivity contribution in [1.82, 2.24) is 4.90 Å². The van der Waals surface area contributed by atoms with Crippen LogP contribution < -0.4 is 0 Å². The molecule has 0 aromatic heterocycles. The number of hydrogen-bond acceptors (Lipinski definition) is 2. The monoisotopic (exact) mass is 179 g/mol. The molecule has 72 valence electrons. The molecule has 1 aliphatic carbocycles. The molecular formula is C11H17NO. The third kappa shape index (κ3) is 1.50. The smallest absolute Gasteiger partial charge is 0.157 e. The van der Waals surface area contributed by atoms with Crippen molar-refractivity contribution in [2.45, 2.75) is 39.2 Å². The van der Waals surface area contributed by atoms with Gasteiger partial charge in [-0.25, -0.2) is 0 Å². The van der Waals surface area contributed by atoms with Crippen molar-refractivity contribution in [2.75, 3.05) is 6.54 Å². The number of rotatable bonds is 1. The summed E-state index contributed by atoms with van der Waals surface area (Å²) in [5, 5.41) is 0. The topological polar surface area (TPSA) is 20.3 Å². The highest BCUT2D eigenvalue weighted by Crippen LogP contribution is 2.31. The first kappa shape index (κ1) is 8.79. The van der Waals surface area contributed by atoms with E-state index in [0.717, 1.165) is 25.3 Å². The molecule has 2 heteroatoms. The molecule has 0 aromatic carbocycles. The molecule has 0 spiro atoms. The zero-order valence-electron chi connectivity index (χ0n) is 8.42. The van der Waals surface area contributed by atoms with Gasteiger partial charge in [0, 0.05) is 30.8 Å². The minimum absolute atomic E-state index is 0.307. The van der Waals surface area contributed by atoms with Crippen LogP contribution in [0.25, 0.3) is 0 Å². The molecule has 2 rings (SSSR count). The largest absolute Gasteiger partial charge is 0.372 e. The minimum atomic E-state index is 0.307. The van der Waals surface area contributed by atoms with Crippen LogP contribution in [0.2, 0.25) is 0 Å². The second-order valence-electron chi connectivity index (χ2n) is 4.30. The van der Waals surface area contributed by atoms with E-state index >= 15 is 0 Å². The minimum Gasteiger partial charge on any atom is -0.372 e. The lowest BCUT2D eigenvalue weighted by atomic mass is 10.1. The molecule has 0 N–H and O–H groups in total. The Labute approximate surface area is 79.6 Å². The lowest BCUT2D eigenvalue weighted by molar-refractivity contribution is -0.114. The van der Waals surface area contributed by atoms with Gasteiger partial charge in [-0.3, -0.25) is 4.79 Å². The first-order valence-electron chi connectivity index (χ1n) is 5.18. The van der Waals surface area contributed by atoms with Gasteiger partial charge in [0.1, 0.15) is 0 Å². The quantitative estimate of drug-likeness (QED) is 0.613. The van der Waals surface area contributed by atoms with Crippen molar-refractivity contribution in [2.24, 2.45) is 5.92 Å². The molecule has 1 heterocycles. The van der Waals surface area contributed by atoms with Gasteiger partial charge in [0.05, 0.1) is 0 Å². The van der Waals surface area contributed by atoms with Crippen molar-refractivity contribution in [3.63, 3.8) is 0 Å². The molecule has 1 saturated heterocycles. The lowest BCUT2D eigenvalue weighted by Gasteiger charge is -2.26. The Morgan fingerprint density at radius 3 is 2.62 bits per heavy atom. The normalized spacial score (nSPS) is 34.2. The van der Waals surface area contributed by atoms with Crippen LogP contribution in [-0.4, -0.2) is 23.3 Å². The number of ketones is 1. The Bertz CT molecular complexity index is 257. The number of carbonyl (C=O) groups excluding carboxylic acids is 1. The van der Waals surface area contributed by atoms with Gasteiger partial charge in [-0.2, -0.15) is 0 Å². The molecule has 0 bridgehead atoms. The fourth-order valence-electron chi connectivity index (χ4n) is 2.31. The van der Waals surface area contributed by atoms with Gasteiger partial charge in [0.25, 0.3) is 0 Å². The first-order valence-corrected chi connectivity index (χ1v) is 5.18. The van der Waals surface area contributed by atoms with Gasteiger partial charge in [-0.05, 0) is 25.7 Å². The highest BCUT2D eigenvalue weighted by molar-refractivity contribution is 5.92. The molecule has 0 aromatic rings. The summed E-state index contributed by atoms with van der Waals surface area (Å²) >= 11 is 0. The Balaban J connectivity index is 2.10. The highest BCUT2D eigenvalue weighted by Gasteiger charge is 2.30. The number of hydrogen-bond donors (Lipinski definition) is 0. The van der Waals surface area contributed by atoms with Crippen molar-refractivity contribution in [3.8, 4) is 0 Å². The molecule has 1 fully saturated rings. The number of nitrogens with zero attached hydrogens (tertiary/aromatic N) is 1. The van der Waals surface area contributed by atoms with E-state index in [0.29, 0.717) is 11.8 Å². The Morgan fingerprint density at radius 2 is 2.15 bits per heavy atom. The second kappa shape index (κ2) is 3.17. The van der Waals surface area contributed by atoms with Gasteiger partial charge in [0.2, 0.25) is 0 Å². The van der Waals surface area contributed by atoms with Crippen molar-refractivity contribution < 1.29 is 4.79 Å². The van der Waals surface area contributed by atoms with E-state index in [1.807, 2.05) is 6.08 Å². The SMILES string of the molecule is CC1CCN(C2=CC(=O)CC2)C1C. The summed E-state index contributed by atoms with van der Waals surface area (Å²) in [6.07, 6.45) is 4.81. The van der Waals surface area contributed by atoms with E-state index in [1.54, 1.807) is 0 Å². The summed E-state index contributed by atoms with van der Waals surface area (Å²) in [4.78, 5) is 13.5. The van der Waals surface area contributed by atoms with Gasteiger partial charge in [0.15, 0.2) is 5.78 Å². The Kier molecular flexibility index (Phi) is 2.14. The summed E-state index contributed by atoms with van der Waals surface area (Å²) < 4.78 is 0. The van der Waals surface area contributed by atoms with Crippen LogP contribution in [0.4, 0.5) is 0 Å². The average molecular weight is 179 g/mol. The lowest BCUT2D eigenvalue weighted by Crippen LogP contribution is -2.27. The van der Waals surface area contributed by atoms with Crippen LogP contribution in [0.5, 0.6) is 0 Å². The molecular weight excluding hydrogens is 162 g/mol. The third-order valence-corrected chi connectivity index (χ3v) is 3.46. The van der Waals surface area contributed by atoms with Gasteiger partial charge < -0.3 is 4.90 Å². The molecule has 2 nitrogen and oxygen atoms in total. The maximum atomic E-state index is 11.1. The van der Waals surface area contributed by atoms with Crippen molar-refractivity contribution in [3.05, 3.63) is 11.8 Å². The van der Waals surface area contributed by atoms with Crippen LogP contribution in [-0.2, 0) is 4.79 Å². The maximum Gasteiger partial charge on any atom is 0.157 e. The second-order valence-corrected chi connectivity index (χ2v) is 4.30. The summed E-state index contributed by atoms with van der Waals surface area (Å²) in [5.74, 6) is 1.08. The summed E-state index contributed by atoms with van der Waals surface area (Å²) in [5.41, 5.74) is 1.28. The zero-order valence-corrected chi connectivity index (χ0v) is 8.42. The van der Waals surface area contributed by atoms with E-state index in [4.69, 9.17) is 0 Å². The average Bonchev–Trinajstić information content (AvgIpc) is 2.62. The number of allylic oxidation sites excluding steroid dienone is 2. The fraction of sp³-hybridized carbons (Fsp3) is 0.727. The van der Waals surface area contributed by atoms with E-state index in [1.165, 1.54) is 12.1 Å². The van der Waals surface area contributed by atoms with E-state index in [2.05, 4.69) is 18.7 Å². The van der Waals surface area contributed by atoms with Gasteiger partial charge in [-0.15, -0.1) is 0 Å². The summed E-state index contributed by atoms with van der Waals surface area (Å²) in [6.45, 7) is 5.70. The van der Waals surface area contributed by atoms with Gasteiger partial charge in [-0.1, -0.05) is 6.92 Å². The van der Waals surface area contributed by atoms with E-state index in [-0.39, 0.29) is 0 Å². The zero-order chi connectivity index (χ0) is 9.42. The van der Waals surface area contributed by atoms with Gasteiger partial charge >= 0.3 is 0 Å². The molecule has 13 heavy (non-hydrogen) atoms. The summed E-state index contributed by atoms with van der Waals surface area (Å²) in [7, 11) is 0. The van der Waals surface area contributed by atoms with Crippen LogP contribution in [0, 0.1) is 5.92 Å². The fourth-order valence-corrected chi connectivity index (χ4v) is 2.31. The van der Waals surface area contributed by atoms with Crippen molar-refractivity contribution in [1.29, 1.82) is 0 Å². The Hall–Kier alpha value is -0.790. The Morgan fingerprint density at radius 1 is 1.38 bits per heavy atom. The molecule has 0 saturated carbocycles. The number of likely N-dealkylation sites (tertiary alicyclic amines) is 1. The van der Waals surface area contributed by atoms with Crippen LogP contribution in [0.1, 0.15) is 33.1 Å². The van der Waals surface area contributed by atoms with Crippen LogP contribution in [0.15, 0.2) is 11.8 Å². The molecule has 2 aliphatic rings. The van der Waals surface area contributed by atoms with Crippen LogP contribution >= 0.6 is 0 Å². The molecule has 2 atom stereocenters. The van der Waals surface area contributed by atoms with Crippen LogP contribution in [0.3, 0.4) is 0 Å². The molecule has 2 unspecified atom stereocenters. The standard InChI is InChI=1S/C11H17NO/c1-8-5-6-12(9(8)2)10-3-4-11(13)7-10/h7-9H,3-6H2,1-2H3. The number of carbonyl (C=O) groups is 1. The molecule has 1 aliphatic heterocycles. The predicted molar refractivity (Wildman–Crippen MR) is 52.3 cm³/mol. The molecule has 0 amide bonds. The van der Waals surface area contributed by atoms with Crippen molar-refractivity contribution >= 4 is 5.78 Å². The third-order valence-electron chi connectivity index (χ3n) is 3.46. The highest BCUT2D eigenvalue weighted by atomic mass is 16.1. The molecule has 0 radical (unpaired) electrons. The van der Waals surface area contributed by atoms with E-state index in [9.17, 15) is 4.79 Å². The maximum absolute atomic E-state index is 11.1. The summed E-state index contributed by atoms with van der Waals surface area (Å²) in [6, 6.07) is 0.622. The van der Waals surface area contributed by atoms with E-state index < -0.39 is 0 Å². The first-order chi connectivity index (χ1) is 6.18.